The molecule has 4 N–H and O–H groups in total. The van der Waals surface area contributed by atoms with Gasteiger partial charge in [0.15, 0.2) is 5.82 Å². The molecular weight excluding hydrogens is 231 g/mol. The number of nitrogens with two attached hydrogens (primary N) is 2. The summed E-state index contributed by atoms with van der Waals surface area (Å²) in [6.07, 6.45) is 2.15. The highest BCUT2D eigenvalue weighted by atomic mass is 19.1. The number of hydrogen-bond donors (Lipinski definition) is 2. The topological polar surface area (TPSA) is 69.9 Å². The van der Waals surface area contributed by atoms with Gasteiger partial charge in [0, 0.05) is 11.5 Å². The molecule has 1 heterocycles. The summed E-state index contributed by atoms with van der Waals surface area (Å²) in [5.41, 5.74) is 7.75. The molecule has 1 aromatic heterocycles. The lowest BCUT2D eigenvalue weighted by Crippen LogP contribution is -2.14. The molecule has 3 rings (SSSR count). The van der Waals surface area contributed by atoms with Crippen molar-refractivity contribution in [3.8, 4) is 11.3 Å². The Morgan fingerprint density at radius 1 is 1.39 bits per heavy atom. The summed E-state index contributed by atoms with van der Waals surface area (Å²) in [7, 11) is 0. The monoisotopic (exact) mass is 246 g/mol. The largest absolute Gasteiger partial charge is 0.382 e. The van der Waals surface area contributed by atoms with Crippen molar-refractivity contribution in [2.24, 2.45) is 0 Å². The van der Waals surface area contributed by atoms with Gasteiger partial charge < -0.3 is 11.6 Å². The van der Waals surface area contributed by atoms with E-state index in [1.165, 1.54) is 10.7 Å². The molecule has 1 fully saturated rings. The van der Waals surface area contributed by atoms with Crippen LogP contribution in [0, 0.1) is 12.7 Å². The molecule has 0 amide bonds. The number of aromatic nitrogens is 2. The molecule has 0 radical (unpaired) electrons. The molecule has 18 heavy (non-hydrogen) atoms. The first kappa shape index (κ1) is 11.1. The van der Waals surface area contributed by atoms with Crippen LogP contribution < -0.4 is 11.6 Å². The fourth-order valence-corrected chi connectivity index (χ4v) is 2.11. The van der Waals surface area contributed by atoms with Crippen LogP contribution in [0.1, 0.15) is 30.1 Å². The molecule has 0 aliphatic heterocycles. The molecule has 0 spiro atoms. The second-order valence-corrected chi connectivity index (χ2v) is 4.83. The number of hydrogen-bond acceptors (Lipinski definition) is 3. The van der Waals surface area contributed by atoms with Crippen LogP contribution in [0.15, 0.2) is 18.2 Å². The van der Waals surface area contributed by atoms with Crippen molar-refractivity contribution in [3.05, 3.63) is 35.4 Å². The minimum atomic E-state index is -0.326. The lowest BCUT2D eigenvalue weighted by Gasteiger charge is -2.03. The van der Waals surface area contributed by atoms with Crippen molar-refractivity contribution in [3.63, 3.8) is 0 Å². The standard InChI is InChI=1S/C13H15FN4/c1-7-2-5-10(14)9(6-7)11-12(15)18(16)13(17-11)8-3-4-8/h2,5-6,8H,3-4,15-16H2,1H3. The van der Waals surface area contributed by atoms with Gasteiger partial charge in [0.2, 0.25) is 0 Å². The van der Waals surface area contributed by atoms with E-state index in [2.05, 4.69) is 4.98 Å². The molecule has 0 saturated heterocycles. The number of anilines is 1. The Morgan fingerprint density at radius 2 is 2.11 bits per heavy atom. The third kappa shape index (κ3) is 1.63. The SMILES string of the molecule is Cc1ccc(F)c(-c2nc(C3CC3)n(N)c2N)c1. The van der Waals surface area contributed by atoms with Gasteiger partial charge in [0.25, 0.3) is 0 Å². The maximum Gasteiger partial charge on any atom is 0.150 e. The summed E-state index contributed by atoms with van der Waals surface area (Å²) in [5.74, 6) is 7.00. The van der Waals surface area contributed by atoms with Crippen LogP contribution in [0.4, 0.5) is 10.2 Å². The third-order valence-corrected chi connectivity index (χ3v) is 3.29. The van der Waals surface area contributed by atoms with E-state index in [1.54, 1.807) is 12.1 Å². The maximum absolute atomic E-state index is 13.8. The van der Waals surface area contributed by atoms with E-state index in [9.17, 15) is 4.39 Å². The average molecular weight is 246 g/mol. The van der Waals surface area contributed by atoms with E-state index in [0.29, 0.717) is 23.0 Å². The highest BCUT2D eigenvalue weighted by molar-refractivity contribution is 5.72. The molecule has 0 atom stereocenters. The van der Waals surface area contributed by atoms with Crippen LogP contribution >= 0.6 is 0 Å². The van der Waals surface area contributed by atoms with Crippen LogP contribution in [0.3, 0.4) is 0 Å². The number of benzene rings is 1. The van der Waals surface area contributed by atoms with Crippen LogP contribution in [0.2, 0.25) is 0 Å². The van der Waals surface area contributed by atoms with Gasteiger partial charge in [-0.1, -0.05) is 11.6 Å². The summed E-state index contributed by atoms with van der Waals surface area (Å²) in [4.78, 5) is 4.42. The predicted octanol–water partition coefficient (Wildman–Crippen LogP) is 2.17. The predicted molar refractivity (Wildman–Crippen MR) is 68.9 cm³/mol. The quantitative estimate of drug-likeness (QED) is 0.798. The van der Waals surface area contributed by atoms with Crippen LogP contribution in [0.25, 0.3) is 11.3 Å². The Hall–Kier alpha value is -2.04. The van der Waals surface area contributed by atoms with Gasteiger partial charge in [0.1, 0.15) is 17.3 Å². The Morgan fingerprint density at radius 3 is 2.78 bits per heavy atom. The van der Waals surface area contributed by atoms with E-state index in [-0.39, 0.29) is 5.82 Å². The summed E-state index contributed by atoms with van der Waals surface area (Å²) in [6.45, 7) is 1.90. The molecule has 4 nitrogen and oxygen atoms in total. The number of aryl methyl sites for hydroxylation is 1. The van der Waals surface area contributed by atoms with Gasteiger partial charge in [-0.2, -0.15) is 0 Å². The molecule has 0 bridgehead atoms. The van der Waals surface area contributed by atoms with E-state index in [4.69, 9.17) is 11.6 Å². The Kier molecular flexibility index (Phi) is 2.29. The first-order valence-corrected chi connectivity index (χ1v) is 5.97. The number of nitrogen functional groups attached to an aromatic ring is 2. The molecule has 94 valence electrons. The van der Waals surface area contributed by atoms with E-state index in [0.717, 1.165) is 24.2 Å². The Bertz CT molecular complexity index is 614. The summed E-state index contributed by atoms with van der Waals surface area (Å²) in [5, 5.41) is 0. The fourth-order valence-electron chi connectivity index (χ4n) is 2.11. The van der Waals surface area contributed by atoms with E-state index < -0.39 is 0 Å². The van der Waals surface area contributed by atoms with Gasteiger partial charge in [0.05, 0.1) is 0 Å². The zero-order valence-corrected chi connectivity index (χ0v) is 10.2. The highest BCUT2D eigenvalue weighted by Gasteiger charge is 2.31. The van der Waals surface area contributed by atoms with Gasteiger partial charge >= 0.3 is 0 Å². The Balaban J connectivity index is 2.16. The molecular formula is C13H15FN4. The second-order valence-electron chi connectivity index (χ2n) is 4.83. The number of imidazole rings is 1. The zero-order valence-electron chi connectivity index (χ0n) is 10.2. The summed E-state index contributed by atoms with van der Waals surface area (Å²) >= 11 is 0. The second kappa shape index (κ2) is 3.73. The van der Waals surface area contributed by atoms with Crippen LogP contribution in [-0.2, 0) is 0 Å². The van der Waals surface area contributed by atoms with Crippen molar-refractivity contribution in [2.75, 3.05) is 11.6 Å². The summed E-state index contributed by atoms with van der Waals surface area (Å²) < 4.78 is 15.2. The molecule has 0 unspecified atom stereocenters. The molecule has 1 aliphatic rings. The highest BCUT2D eigenvalue weighted by Crippen LogP contribution is 2.41. The van der Waals surface area contributed by atoms with Gasteiger partial charge in [-0.3, -0.25) is 0 Å². The van der Waals surface area contributed by atoms with Crippen LogP contribution in [0.5, 0.6) is 0 Å². The first-order chi connectivity index (χ1) is 8.58. The van der Waals surface area contributed by atoms with Crippen molar-refractivity contribution < 1.29 is 4.39 Å². The van der Waals surface area contributed by atoms with E-state index in [1.807, 2.05) is 6.92 Å². The minimum absolute atomic E-state index is 0.321. The van der Waals surface area contributed by atoms with Crippen molar-refractivity contribution in [1.82, 2.24) is 9.66 Å². The number of nitrogens with zero attached hydrogens (tertiary/aromatic N) is 2. The Labute approximate surface area is 104 Å². The van der Waals surface area contributed by atoms with Crippen molar-refractivity contribution in [1.29, 1.82) is 0 Å². The zero-order chi connectivity index (χ0) is 12.9. The first-order valence-electron chi connectivity index (χ1n) is 5.97. The lowest BCUT2D eigenvalue weighted by molar-refractivity contribution is 0.630. The maximum atomic E-state index is 13.8. The summed E-state index contributed by atoms with van der Waals surface area (Å²) in [6, 6.07) is 4.89. The minimum Gasteiger partial charge on any atom is -0.382 e. The van der Waals surface area contributed by atoms with Gasteiger partial charge in [-0.25, -0.2) is 14.1 Å². The van der Waals surface area contributed by atoms with Crippen molar-refractivity contribution in [2.45, 2.75) is 25.7 Å². The van der Waals surface area contributed by atoms with Gasteiger partial charge in [-0.05, 0) is 31.9 Å². The molecule has 1 aliphatic carbocycles. The molecule has 2 aromatic rings. The number of halogens is 1. The fraction of sp³-hybridized carbons (Fsp3) is 0.308. The third-order valence-electron chi connectivity index (χ3n) is 3.29. The average Bonchev–Trinajstić information content (AvgIpc) is 3.13. The molecule has 5 heteroatoms. The van der Waals surface area contributed by atoms with E-state index >= 15 is 0 Å². The van der Waals surface area contributed by atoms with Gasteiger partial charge in [-0.15, -0.1) is 0 Å². The smallest absolute Gasteiger partial charge is 0.150 e. The normalized spacial score (nSPS) is 15.0. The lowest BCUT2D eigenvalue weighted by atomic mass is 10.1. The van der Waals surface area contributed by atoms with Crippen molar-refractivity contribution >= 4 is 5.82 Å². The van der Waals surface area contributed by atoms with Crippen LogP contribution in [-0.4, -0.2) is 9.66 Å². The molecule has 1 aromatic carbocycles. The number of rotatable bonds is 2. The molecule has 1 saturated carbocycles.